The summed E-state index contributed by atoms with van der Waals surface area (Å²) in [6.45, 7) is 9.27. The molecule has 8 rings (SSSR count). The molecule has 1 aliphatic carbocycles. The molecule has 20 heteroatoms. The molecule has 0 bridgehead atoms. The fourth-order valence-corrected chi connectivity index (χ4v) is 9.40. The third-order valence-electron chi connectivity index (χ3n) is 12.9. The van der Waals surface area contributed by atoms with E-state index in [0.717, 1.165) is 62.4 Å². The average molecular weight is 935 g/mol. The summed E-state index contributed by atoms with van der Waals surface area (Å²) in [5.74, 6) is -1.40. The SMILES string of the molecule is CC(=O)c1c(C)c2cnc(Nc3ccc(N4CCN(CC(=O)CCCOCCOCCOCCNc5cccc6c5C(=O)N(C5CCC(=O)NC5=O)C6=O)CC4)cn3)nc2n(C2CCCC2)c1=O. The highest BCUT2D eigenvalue weighted by Gasteiger charge is 2.45. The Hall–Kier alpha value is -6.48. The number of piperidine rings is 1. The van der Waals surface area contributed by atoms with Gasteiger partial charge in [0.15, 0.2) is 5.78 Å². The van der Waals surface area contributed by atoms with E-state index in [4.69, 9.17) is 19.2 Å². The smallest absolute Gasteiger partial charge is 0.264 e. The van der Waals surface area contributed by atoms with Crippen molar-refractivity contribution < 1.29 is 43.0 Å². The molecule has 0 spiro atoms. The molecule has 4 amide bonds. The second-order valence-electron chi connectivity index (χ2n) is 17.5. The zero-order valence-electron chi connectivity index (χ0n) is 38.6. The molecular weight excluding hydrogens is 877 g/mol. The number of Topliss-reactive ketones (excluding diaryl/α,β-unsaturated/α-hetero) is 2. The van der Waals surface area contributed by atoms with Gasteiger partial charge in [-0.3, -0.25) is 53.2 Å². The number of piperazine rings is 1. The number of rotatable bonds is 22. The average Bonchev–Trinajstić information content (AvgIpc) is 3.94. The van der Waals surface area contributed by atoms with E-state index in [9.17, 15) is 33.6 Å². The van der Waals surface area contributed by atoms with Gasteiger partial charge in [-0.15, -0.1) is 0 Å². The van der Waals surface area contributed by atoms with E-state index in [0.29, 0.717) is 99.6 Å². The van der Waals surface area contributed by atoms with Gasteiger partial charge in [0, 0.05) is 75.5 Å². The molecule has 2 saturated heterocycles. The van der Waals surface area contributed by atoms with Crippen molar-refractivity contribution in [3.63, 3.8) is 0 Å². The number of hydrogen-bond acceptors (Lipinski definition) is 17. The standard InChI is InChI=1S/C48H58N10O10/c1-30-36-28-51-48(54-43(36)57(32-7-3-4-8-32)46(64)41(30)31(2)59)52-39-14-12-33(27-50-39)56-19-17-55(18-20-56)29-34(60)9-6-21-66-23-25-68-26-24-67-22-16-49-37-11-5-10-35-42(37)47(65)58(45(35)63)38-13-15-40(61)53-44(38)62/h5,10-12,14,27-28,32,38,49H,3-4,6-9,13,15-26,29H2,1-2H3,(H,53,61,62)(H,50,51,52,54). The molecule has 20 nitrogen and oxygen atoms in total. The summed E-state index contributed by atoms with van der Waals surface area (Å²) in [7, 11) is 0. The van der Waals surface area contributed by atoms with E-state index in [2.05, 4.69) is 35.7 Å². The van der Waals surface area contributed by atoms with Crippen molar-refractivity contribution in [3.05, 3.63) is 75.3 Å². The Morgan fingerprint density at radius 3 is 2.28 bits per heavy atom. The topological polar surface area (TPSA) is 237 Å². The highest BCUT2D eigenvalue weighted by atomic mass is 16.5. The number of fused-ring (bicyclic) bond motifs is 2. The lowest BCUT2D eigenvalue weighted by Gasteiger charge is -2.35. The number of pyridine rings is 2. The number of amides is 4. The van der Waals surface area contributed by atoms with Crippen LogP contribution in [0.15, 0.2) is 47.5 Å². The van der Waals surface area contributed by atoms with E-state index in [1.54, 1.807) is 42.1 Å². The highest BCUT2D eigenvalue weighted by molar-refractivity contribution is 6.25. The Morgan fingerprint density at radius 2 is 1.57 bits per heavy atom. The predicted molar refractivity (Wildman–Crippen MR) is 251 cm³/mol. The molecule has 4 aliphatic rings. The number of anilines is 4. The number of aromatic nitrogens is 4. The number of aryl methyl sites for hydroxylation is 1. The maximum Gasteiger partial charge on any atom is 0.264 e. The van der Waals surface area contributed by atoms with Crippen LogP contribution in [0, 0.1) is 6.92 Å². The second kappa shape index (κ2) is 22.1. The molecule has 1 aromatic carbocycles. The van der Waals surface area contributed by atoms with Crippen LogP contribution in [0.25, 0.3) is 11.0 Å². The van der Waals surface area contributed by atoms with Crippen molar-refractivity contribution in [2.24, 2.45) is 0 Å². The number of ketones is 2. The number of ether oxygens (including phenoxy) is 3. The normalized spacial score (nSPS) is 17.8. The van der Waals surface area contributed by atoms with Crippen LogP contribution in [-0.2, 0) is 28.6 Å². The van der Waals surface area contributed by atoms with E-state index >= 15 is 0 Å². The van der Waals surface area contributed by atoms with Crippen molar-refractivity contribution in [1.82, 2.24) is 34.6 Å². The first-order valence-electron chi connectivity index (χ1n) is 23.4. The lowest BCUT2D eigenvalue weighted by molar-refractivity contribution is -0.136. The first-order chi connectivity index (χ1) is 33.0. The van der Waals surface area contributed by atoms with Crippen LogP contribution < -0.4 is 26.4 Å². The molecule has 6 heterocycles. The molecule has 1 atom stereocenters. The number of imide groups is 2. The molecule has 1 unspecified atom stereocenters. The number of nitrogens with one attached hydrogen (secondary N) is 3. The van der Waals surface area contributed by atoms with Crippen LogP contribution in [0.4, 0.5) is 23.1 Å². The van der Waals surface area contributed by atoms with Crippen LogP contribution in [0.3, 0.4) is 0 Å². The van der Waals surface area contributed by atoms with Crippen molar-refractivity contribution >= 4 is 69.4 Å². The first-order valence-corrected chi connectivity index (χ1v) is 23.4. The number of carbonyl (C=O) groups is 6. The fraction of sp³-hybridized carbons (Fsp3) is 0.500. The van der Waals surface area contributed by atoms with Crippen LogP contribution in [0.5, 0.6) is 0 Å². The Labute approximate surface area is 393 Å². The predicted octanol–water partition coefficient (Wildman–Crippen LogP) is 3.59. The van der Waals surface area contributed by atoms with Crippen LogP contribution in [-0.4, -0.2) is 149 Å². The van der Waals surface area contributed by atoms with Crippen molar-refractivity contribution in [2.75, 3.05) is 94.4 Å². The van der Waals surface area contributed by atoms with Gasteiger partial charge >= 0.3 is 0 Å². The molecular formula is C48H58N10O10. The number of hydrogen-bond donors (Lipinski definition) is 3. The highest BCUT2D eigenvalue weighted by Crippen LogP contribution is 2.34. The van der Waals surface area contributed by atoms with Crippen LogP contribution in [0.2, 0.25) is 0 Å². The zero-order valence-corrected chi connectivity index (χ0v) is 38.6. The number of benzene rings is 1. The maximum absolute atomic E-state index is 13.6. The Bertz CT molecular complexity index is 2610. The van der Waals surface area contributed by atoms with Crippen LogP contribution in [0.1, 0.15) is 101 Å². The third kappa shape index (κ3) is 10.9. The molecule has 360 valence electrons. The lowest BCUT2D eigenvalue weighted by atomic mass is 10.0. The molecule has 68 heavy (non-hydrogen) atoms. The maximum atomic E-state index is 13.6. The summed E-state index contributed by atoms with van der Waals surface area (Å²) in [5.41, 5.74) is 2.88. The number of nitrogens with zero attached hydrogens (tertiary/aromatic N) is 7. The molecule has 3 aliphatic heterocycles. The minimum Gasteiger partial charge on any atom is -0.382 e. The molecule has 4 aromatic rings. The fourth-order valence-electron chi connectivity index (χ4n) is 9.40. The minimum absolute atomic E-state index is 0.00720. The van der Waals surface area contributed by atoms with Gasteiger partial charge in [0.05, 0.1) is 68.2 Å². The van der Waals surface area contributed by atoms with Gasteiger partial charge < -0.3 is 29.7 Å². The molecule has 0 radical (unpaired) electrons. The van der Waals surface area contributed by atoms with Gasteiger partial charge in [-0.2, -0.15) is 4.98 Å². The monoisotopic (exact) mass is 934 g/mol. The van der Waals surface area contributed by atoms with E-state index in [-0.39, 0.29) is 52.7 Å². The van der Waals surface area contributed by atoms with Gasteiger partial charge in [0.1, 0.15) is 23.3 Å². The molecule has 3 aromatic heterocycles. The van der Waals surface area contributed by atoms with Gasteiger partial charge in [0.25, 0.3) is 17.4 Å². The third-order valence-corrected chi connectivity index (χ3v) is 12.9. The molecule has 3 fully saturated rings. The van der Waals surface area contributed by atoms with Gasteiger partial charge in [-0.05, 0) is 69.4 Å². The molecule has 1 saturated carbocycles. The van der Waals surface area contributed by atoms with Crippen molar-refractivity contribution in [3.8, 4) is 0 Å². The summed E-state index contributed by atoms with van der Waals surface area (Å²) in [4.78, 5) is 108. The quantitative estimate of drug-likeness (QED) is 0.0580. The minimum atomic E-state index is -1.03. The van der Waals surface area contributed by atoms with E-state index in [1.165, 1.54) is 6.92 Å². The zero-order chi connectivity index (χ0) is 47.7. The lowest BCUT2D eigenvalue weighted by Crippen LogP contribution is -2.54. The summed E-state index contributed by atoms with van der Waals surface area (Å²) >= 11 is 0. The number of carbonyl (C=O) groups excluding carboxylic acids is 6. The van der Waals surface area contributed by atoms with Gasteiger partial charge in [-0.1, -0.05) is 18.9 Å². The van der Waals surface area contributed by atoms with Gasteiger partial charge in [0.2, 0.25) is 17.8 Å². The van der Waals surface area contributed by atoms with Crippen molar-refractivity contribution in [2.45, 2.75) is 77.3 Å². The summed E-state index contributed by atoms with van der Waals surface area (Å²) in [5, 5.41) is 9.22. The summed E-state index contributed by atoms with van der Waals surface area (Å²) in [6, 6.07) is 7.73. The Morgan fingerprint density at radius 1 is 0.838 bits per heavy atom. The van der Waals surface area contributed by atoms with E-state index in [1.807, 2.05) is 12.1 Å². The largest absolute Gasteiger partial charge is 0.382 e. The van der Waals surface area contributed by atoms with E-state index < -0.39 is 29.7 Å². The summed E-state index contributed by atoms with van der Waals surface area (Å²) < 4.78 is 18.6. The van der Waals surface area contributed by atoms with Crippen LogP contribution >= 0.6 is 0 Å². The second-order valence-corrected chi connectivity index (χ2v) is 17.5. The van der Waals surface area contributed by atoms with Crippen molar-refractivity contribution in [1.29, 1.82) is 0 Å². The Kier molecular flexibility index (Phi) is 15.6. The van der Waals surface area contributed by atoms with Gasteiger partial charge in [-0.25, -0.2) is 9.97 Å². The molecule has 3 N–H and O–H groups in total. The first kappa shape index (κ1) is 48.0. The summed E-state index contributed by atoms with van der Waals surface area (Å²) in [6.07, 6.45) is 8.48. The Balaban J connectivity index is 0.668.